The largest absolute Gasteiger partial charge is 1.00 e. The average molecular weight is 534 g/mol. The van der Waals surface area contributed by atoms with Crippen LogP contribution >= 0.6 is 0 Å². The molecule has 0 heterocycles. The van der Waals surface area contributed by atoms with Gasteiger partial charge in [0, 0.05) is 13.0 Å². The Hall–Kier alpha value is -0.760. The number of carbonyl (C=O) groups excluding carboxylic acids is 2. The summed E-state index contributed by atoms with van der Waals surface area (Å²) in [6, 6.07) is 0. The van der Waals surface area contributed by atoms with Gasteiger partial charge in [-0.15, -0.1) is 0 Å². The van der Waals surface area contributed by atoms with E-state index in [0.29, 0.717) is 19.6 Å². The normalized spacial score (nSPS) is 11.9. The molecule has 11 nitrogen and oxygen atoms in total. The molecule has 200 valence electrons. The number of nitrogens with one attached hydrogen (secondary N) is 1. The van der Waals surface area contributed by atoms with Gasteiger partial charge in [0.05, 0.1) is 32.8 Å². The molecule has 0 saturated heterocycles. The van der Waals surface area contributed by atoms with Crippen LogP contribution in [0.2, 0.25) is 0 Å². The predicted molar refractivity (Wildman–Crippen MR) is 123 cm³/mol. The van der Waals surface area contributed by atoms with E-state index in [4.69, 9.17) is 14.6 Å². The molecule has 0 rings (SSSR count). The van der Waals surface area contributed by atoms with Crippen LogP contribution in [0, 0.1) is 0 Å². The third-order valence-electron chi connectivity index (χ3n) is 4.91. The molecule has 0 bridgehead atoms. The summed E-state index contributed by atoms with van der Waals surface area (Å²) in [7, 11) is -5.15. The zero-order valence-corrected chi connectivity index (χ0v) is 23.9. The predicted octanol–water partition coefficient (Wildman–Crippen LogP) is -1.01. The molecule has 1 amide bonds. The van der Waals surface area contributed by atoms with Gasteiger partial charge in [-0.25, -0.2) is 8.42 Å². The fourth-order valence-electron chi connectivity index (χ4n) is 3.01. The molecule has 0 aromatic heterocycles. The molecule has 0 aliphatic rings. The van der Waals surface area contributed by atoms with Crippen molar-refractivity contribution < 1.29 is 76.2 Å². The number of unbranched alkanes of at least 4 members (excludes halogenated alkanes) is 8. The molecule has 0 aliphatic heterocycles. The Kier molecular flexibility index (Phi) is 24.6. The Morgan fingerprint density at radius 2 is 1.37 bits per heavy atom. The van der Waals surface area contributed by atoms with Crippen molar-refractivity contribution in [3.05, 3.63) is 0 Å². The number of carboxylic acids is 1. The number of carboxylic acid groups (broad SMARTS) is 1. The van der Waals surface area contributed by atoms with Crippen LogP contribution in [0.5, 0.6) is 0 Å². The van der Waals surface area contributed by atoms with E-state index in [-0.39, 0.29) is 61.9 Å². The van der Waals surface area contributed by atoms with Crippen molar-refractivity contribution in [2.45, 2.75) is 82.8 Å². The molecule has 0 aromatic carbocycles. The second kappa shape index (κ2) is 23.6. The molecule has 2 N–H and O–H groups in total. The molecular weight excluding hydrogens is 493 g/mol. The van der Waals surface area contributed by atoms with Gasteiger partial charge in [-0.05, 0) is 6.42 Å². The summed E-state index contributed by atoms with van der Waals surface area (Å²) in [6.07, 6.45) is 10.3. The maximum atomic E-state index is 11.8. The van der Waals surface area contributed by atoms with Gasteiger partial charge >= 0.3 is 41.5 Å². The zero-order valence-electron chi connectivity index (χ0n) is 21.1. The van der Waals surface area contributed by atoms with Crippen molar-refractivity contribution in [3.8, 4) is 0 Å². The van der Waals surface area contributed by atoms with Crippen molar-refractivity contribution in [3.63, 3.8) is 0 Å². The maximum absolute atomic E-state index is 11.8. The number of rotatable bonds is 23. The van der Waals surface area contributed by atoms with Crippen LogP contribution in [-0.2, 0) is 38.7 Å². The summed E-state index contributed by atoms with van der Waals surface area (Å²) in [6.45, 7) is 3.18. The van der Waals surface area contributed by atoms with Crippen molar-refractivity contribution in [1.29, 1.82) is 0 Å². The van der Waals surface area contributed by atoms with E-state index in [0.717, 1.165) is 12.8 Å². The fraction of sp³-hybridized carbons (Fsp3) is 0.864. The second-order valence-electron chi connectivity index (χ2n) is 7.90. The number of ether oxygens (including phenoxy) is 3. The summed E-state index contributed by atoms with van der Waals surface area (Å²) in [5.41, 5.74) is 0. The van der Waals surface area contributed by atoms with E-state index in [2.05, 4.69) is 17.0 Å². The number of hydrogen-bond donors (Lipinski definition) is 2. The summed E-state index contributed by atoms with van der Waals surface area (Å²) in [4.78, 5) is 33.9. The summed E-state index contributed by atoms with van der Waals surface area (Å²) >= 11 is 0. The third-order valence-corrected chi connectivity index (χ3v) is 5.98. The van der Waals surface area contributed by atoms with Crippen molar-refractivity contribution in [2.75, 3.05) is 39.6 Å². The fourth-order valence-corrected chi connectivity index (χ4v) is 3.59. The van der Waals surface area contributed by atoms with Gasteiger partial charge in [0.1, 0.15) is 16.7 Å². The first-order valence-corrected chi connectivity index (χ1v) is 13.4. The molecule has 0 saturated carbocycles. The van der Waals surface area contributed by atoms with Crippen molar-refractivity contribution in [1.82, 2.24) is 5.32 Å². The summed E-state index contributed by atoms with van der Waals surface area (Å²) in [5, 5.41) is 9.09. The van der Waals surface area contributed by atoms with Gasteiger partial charge < -0.3 is 29.2 Å². The van der Waals surface area contributed by atoms with Gasteiger partial charge in [-0.3, -0.25) is 14.4 Å². The molecule has 1 atom stereocenters. The number of esters is 1. The Labute approximate surface area is 231 Å². The van der Waals surface area contributed by atoms with Gasteiger partial charge in [-0.2, -0.15) is 0 Å². The van der Waals surface area contributed by atoms with Crippen molar-refractivity contribution in [2.24, 2.45) is 0 Å². The standard InChI is InChI=1S/C22H41NO10S.Na/c1-2-3-4-5-6-7-8-9-10-11-20(24)23-12-13-31-14-15-32-16-17-33-21(25)18-19(22(26)27)34(28,29)30;/h19H,2-18H2,1H3,(H,23,24)(H,26,27)(H,28,29,30);/q;+1/p-1. The van der Waals surface area contributed by atoms with Crippen LogP contribution in [-0.4, -0.2) is 80.8 Å². The Bertz CT molecular complexity index is 675. The molecular formula is C22H40NNaO10S. The smallest absolute Gasteiger partial charge is 0.747 e. The number of carbonyl (C=O) groups is 3. The van der Waals surface area contributed by atoms with Crippen LogP contribution < -0.4 is 34.9 Å². The van der Waals surface area contributed by atoms with Crippen LogP contribution in [0.1, 0.15) is 77.6 Å². The topological polar surface area (TPSA) is 168 Å². The molecule has 1 unspecified atom stereocenters. The first-order chi connectivity index (χ1) is 16.2. The van der Waals surface area contributed by atoms with Gasteiger partial charge in [0.15, 0.2) is 5.25 Å². The quantitative estimate of drug-likeness (QED) is 0.0718. The van der Waals surface area contributed by atoms with Gasteiger partial charge in [0.2, 0.25) is 5.91 Å². The monoisotopic (exact) mass is 533 g/mol. The Balaban J connectivity index is 0. The second-order valence-corrected chi connectivity index (χ2v) is 9.45. The van der Waals surface area contributed by atoms with Crippen LogP contribution in [0.3, 0.4) is 0 Å². The van der Waals surface area contributed by atoms with Crippen LogP contribution in [0.4, 0.5) is 0 Å². The molecule has 35 heavy (non-hydrogen) atoms. The molecule has 0 aliphatic carbocycles. The maximum Gasteiger partial charge on any atom is 1.00 e. The zero-order chi connectivity index (χ0) is 25.7. The molecule has 0 spiro atoms. The molecule has 0 fully saturated rings. The van der Waals surface area contributed by atoms with E-state index in [1.807, 2.05) is 0 Å². The van der Waals surface area contributed by atoms with E-state index in [9.17, 15) is 27.4 Å². The first kappa shape index (κ1) is 36.4. The first-order valence-electron chi connectivity index (χ1n) is 11.9. The van der Waals surface area contributed by atoms with E-state index in [1.54, 1.807) is 0 Å². The third kappa shape index (κ3) is 23.4. The SMILES string of the molecule is CCCCCCCCCCCC(=O)NCCOCCOCCOC(=O)CC(C(=O)O)S(=O)(=O)[O-].[Na+]. The summed E-state index contributed by atoms with van der Waals surface area (Å²) < 4.78 is 47.4. The molecule has 0 radical (unpaired) electrons. The van der Waals surface area contributed by atoms with E-state index < -0.39 is 33.7 Å². The number of aliphatic carboxylic acids is 1. The minimum Gasteiger partial charge on any atom is -0.747 e. The van der Waals surface area contributed by atoms with Gasteiger partial charge in [-0.1, -0.05) is 58.3 Å². The van der Waals surface area contributed by atoms with Crippen LogP contribution in [0.25, 0.3) is 0 Å². The molecule has 13 heteroatoms. The number of hydrogen-bond acceptors (Lipinski definition) is 9. The molecule has 0 aromatic rings. The van der Waals surface area contributed by atoms with E-state index in [1.165, 1.54) is 44.9 Å². The Morgan fingerprint density at radius 3 is 1.91 bits per heavy atom. The number of amides is 1. The van der Waals surface area contributed by atoms with E-state index >= 15 is 0 Å². The van der Waals surface area contributed by atoms with Crippen LogP contribution in [0.15, 0.2) is 0 Å². The summed E-state index contributed by atoms with van der Waals surface area (Å²) in [5.74, 6) is -3.01. The Morgan fingerprint density at radius 1 is 0.857 bits per heavy atom. The van der Waals surface area contributed by atoms with Gasteiger partial charge in [0.25, 0.3) is 0 Å². The minimum absolute atomic E-state index is 0. The minimum atomic E-state index is -5.15. The van der Waals surface area contributed by atoms with Crippen molar-refractivity contribution >= 4 is 28.0 Å². The average Bonchev–Trinajstić information content (AvgIpc) is 2.76.